The maximum absolute atomic E-state index is 12.5. The van der Waals surface area contributed by atoms with Crippen molar-refractivity contribution in [3.63, 3.8) is 0 Å². The quantitative estimate of drug-likeness (QED) is 0.753. The summed E-state index contributed by atoms with van der Waals surface area (Å²) in [6.07, 6.45) is 4.73. The molecule has 0 spiro atoms. The van der Waals surface area contributed by atoms with E-state index in [0.717, 1.165) is 19.6 Å². The van der Waals surface area contributed by atoms with Crippen molar-refractivity contribution in [1.82, 2.24) is 24.6 Å². The Labute approximate surface area is 157 Å². The molecule has 1 fully saturated rings. The Morgan fingerprint density at radius 1 is 1.22 bits per heavy atom. The van der Waals surface area contributed by atoms with Gasteiger partial charge in [-0.3, -0.25) is 24.2 Å². The number of rotatable bonds is 7. The van der Waals surface area contributed by atoms with Gasteiger partial charge in [-0.1, -0.05) is 6.07 Å². The van der Waals surface area contributed by atoms with Gasteiger partial charge in [0.05, 0.1) is 18.5 Å². The molecule has 0 radical (unpaired) electrons. The third-order valence-corrected chi connectivity index (χ3v) is 4.42. The second-order valence-electron chi connectivity index (χ2n) is 6.31. The van der Waals surface area contributed by atoms with E-state index < -0.39 is 0 Å². The zero-order chi connectivity index (χ0) is 19.1. The van der Waals surface area contributed by atoms with Gasteiger partial charge in [0.1, 0.15) is 12.2 Å². The number of hydrogen-bond donors (Lipinski definition) is 1. The largest absolute Gasteiger partial charge is 0.383 e. The minimum atomic E-state index is -0.311. The number of amides is 2. The first-order valence-corrected chi connectivity index (χ1v) is 8.89. The monoisotopic (exact) mass is 372 g/mol. The highest BCUT2D eigenvalue weighted by Gasteiger charge is 2.21. The van der Waals surface area contributed by atoms with E-state index in [0.29, 0.717) is 31.1 Å². The van der Waals surface area contributed by atoms with Gasteiger partial charge in [0.25, 0.3) is 5.91 Å². The molecule has 0 aliphatic carbocycles. The van der Waals surface area contributed by atoms with Crippen LogP contribution in [0.5, 0.6) is 0 Å². The lowest BCUT2D eigenvalue weighted by atomic mass is 10.3. The molecular formula is C18H24N6O3. The van der Waals surface area contributed by atoms with Gasteiger partial charge in [0.2, 0.25) is 5.91 Å². The Morgan fingerprint density at radius 3 is 2.74 bits per heavy atom. The van der Waals surface area contributed by atoms with E-state index >= 15 is 0 Å². The molecule has 1 N–H and O–H groups in total. The van der Waals surface area contributed by atoms with Crippen LogP contribution in [0.1, 0.15) is 10.5 Å². The molecule has 2 aromatic heterocycles. The summed E-state index contributed by atoms with van der Waals surface area (Å²) in [5, 5.41) is 6.89. The van der Waals surface area contributed by atoms with Crippen molar-refractivity contribution in [2.75, 3.05) is 51.8 Å². The number of piperazine rings is 1. The third kappa shape index (κ3) is 5.35. The van der Waals surface area contributed by atoms with Crippen LogP contribution in [0.4, 0.5) is 5.69 Å². The summed E-state index contributed by atoms with van der Waals surface area (Å²) in [6.45, 7) is 4.84. The Bertz CT molecular complexity index is 755. The van der Waals surface area contributed by atoms with Crippen LogP contribution in [0, 0.1) is 0 Å². The van der Waals surface area contributed by atoms with E-state index in [-0.39, 0.29) is 18.4 Å². The number of ether oxygens (including phenoxy) is 1. The average Bonchev–Trinajstić information content (AvgIpc) is 3.14. The molecule has 9 nitrogen and oxygen atoms in total. The van der Waals surface area contributed by atoms with Gasteiger partial charge >= 0.3 is 0 Å². The van der Waals surface area contributed by atoms with Crippen LogP contribution in [0.2, 0.25) is 0 Å². The van der Waals surface area contributed by atoms with Crippen LogP contribution < -0.4 is 5.32 Å². The fourth-order valence-electron chi connectivity index (χ4n) is 2.89. The summed E-state index contributed by atoms with van der Waals surface area (Å²) < 4.78 is 6.62. The van der Waals surface area contributed by atoms with E-state index in [2.05, 4.69) is 20.3 Å². The normalized spacial score (nSPS) is 14.9. The maximum Gasteiger partial charge on any atom is 0.274 e. The number of carbonyl (C=O) groups excluding carboxylic acids is 2. The van der Waals surface area contributed by atoms with Crippen molar-refractivity contribution >= 4 is 17.5 Å². The van der Waals surface area contributed by atoms with Crippen molar-refractivity contribution < 1.29 is 14.3 Å². The highest BCUT2D eigenvalue weighted by Crippen LogP contribution is 2.08. The Hall–Kier alpha value is -2.78. The highest BCUT2D eigenvalue weighted by molar-refractivity contribution is 6.02. The summed E-state index contributed by atoms with van der Waals surface area (Å²) in [5.74, 6) is -0.291. The molecule has 3 heterocycles. The molecule has 1 aliphatic heterocycles. The molecular weight excluding hydrogens is 348 g/mol. The Morgan fingerprint density at radius 2 is 2.04 bits per heavy atom. The van der Waals surface area contributed by atoms with Gasteiger partial charge in [0, 0.05) is 52.2 Å². The predicted molar refractivity (Wildman–Crippen MR) is 99.3 cm³/mol. The van der Waals surface area contributed by atoms with Crippen molar-refractivity contribution in [2.24, 2.45) is 0 Å². The van der Waals surface area contributed by atoms with Crippen LogP contribution in [0.15, 0.2) is 36.8 Å². The lowest BCUT2D eigenvalue weighted by Gasteiger charge is -2.34. The van der Waals surface area contributed by atoms with Gasteiger partial charge < -0.3 is 15.0 Å². The van der Waals surface area contributed by atoms with Crippen LogP contribution >= 0.6 is 0 Å². The van der Waals surface area contributed by atoms with E-state index in [1.807, 2.05) is 4.90 Å². The molecule has 1 aliphatic rings. The standard InChI is InChI=1S/C18H24N6O3/c1-27-11-10-22-6-8-23(9-7-22)17(25)14-24-13-15(12-20-24)21-18(26)16-4-2-3-5-19-16/h2-5,12-13H,6-11,14H2,1H3,(H,21,26). The molecule has 144 valence electrons. The summed E-state index contributed by atoms with van der Waals surface area (Å²) in [4.78, 5) is 32.7. The summed E-state index contributed by atoms with van der Waals surface area (Å²) in [6, 6.07) is 5.13. The maximum atomic E-state index is 12.5. The van der Waals surface area contributed by atoms with Crippen molar-refractivity contribution in [3.8, 4) is 0 Å². The number of nitrogens with one attached hydrogen (secondary N) is 1. The van der Waals surface area contributed by atoms with Crippen molar-refractivity contribution in [3.05, 3.63) is 42.5 Å². The molecule has 0 bridgehead atoms. The number of methoxy groups -OCH3 is 1. The lowest BCUT2D eigenvalue weighted by Crippen LogP contribution is -2.50. The number of pyridine rings is 1. The summed E-state index contributed by atoms with van der Waals surface area (Å²) in [7, 11) is 1.69. The molecule has 3 rings (SSSR count). The van der Waals surface area contributed by atoms with Gasteiger partial charge in [-0.15, -0.1) is 0 Å². The lowest BCUT2D eigenvalue weighted by molar-refractivity contribution is -0.133. The molecule has 2 amide bonds. The number of hydrogen-bond acceptors (Lipinski definition) is 6. The minimum absolute atomic E-state index is 0.0205. The smallest absolute Gasteiger partial charge is 0.274 e. The molecule has 0 unspecified atom stereocenters. The molecule has 0 atom stereocenters. The van der Waals surface area contributed by atoms with Crippen LogP contribution in [0.3, 0.4) is 0 Å². The number of aromatic nitrogens is 3. The van der Waals surface area contributed by atoms with Gasteiger partial charge in [-0.2, -0.15) is 5.10 Å². The van der Waals surface area contributed by atoms with E-state index in [9.17, 15) is 9.59 Å². The van der Waals surface area contributed by atoms with Gasteiger partial charge in [-0.25, -0.2) is 0 Å². The fourth-order valence-corrected chi connectivity index (χ4v) is 2.89. The first-order chi connectivity index (χ1) is 13.2. The molecule has 9 heteroatoms. The van der Waals surface area contributed by atoms with Crippen molar-refractivity contribution in [1.29, 1.82) is 0 Å². The number of nitrogens with zero attached hydrogens (tertiary/aromatic N) is 5. The number of anilines is 1. The van der Waals surface area contributed by atoms with Crippen LogP contribution in [-0.4, -0.2) is 82.8 Å². The number of carbonyl (C=O) groups is 2. The zero-order valence-electron chi connectivity index (χ0n) is 15.4. The van der Waals surface area contributed by atoms with E-state index in [4.69, 9.17) is 4.74 Å². The minimum Gasteiger partial charge on any atom is -0.383 e. The first kappa shape index (κ1) is 19.0. The Kier molecular flexibility index (Phi) is 6.50. The second kappa shape index (κ2) is 9.24. The molecule has 0 aromatic carbocycles. The molecule has 0 saturated carbocycles. The average molecular weight is 372 g/mol. The third-order valence-electron chi connectivity index (χ3n) is 4.42. The molecule has 27 heavy (non-hydrogen) atoms. The molecule has 2 aromatic rings. The fraction of sp³-hybridized carbons (Fsp3) is 0.444. The first-order valence-electron chi connectivity index (χ1n) is 8.89. The van der Waals surface area contributed by atoms with E-state index in [1.54, 1.807) is 37.7 Å². The topological polar surface area (TPSA) is 92.6 Å². The van der Waals surface area contributed by atoms with Crippen LogP contribution in [-0.2, 0) is 16.1 Å². The highest BCUT2D eigenvalue weighted by atomic mass is 16.5. The SMILES string of the molecule is COCCN1CCN(C(=O)Cn2cc(NC(=O)c3ccccn3)cn2)CC1. The second-order valence-corrected chi connectivity index (χ2v) is 6.31. The zero-order valence-corrected chi connectivity index (χ0v) is 15.4. The van der Waals surface area contributed by atoms with Crippen molar-refractivity contribution in [2.45, 2.75) is 6.54 Å². The van der Waals surface area contributed by atoms with Crippen LogP contribution in [0.25, 0.3) is 0 Å². The predicted octanol–water partition coefficient (Wildman–Crippen LogP) is 0.321. The van der Waals surface area contributed by atoms with Gasteiger partial charge in [-0.05, 0) is 12.1 Å². The summed E-state index contributed by atoms with van der Waals surface area (Å²) in [5.41, 5.74) is 0.857. The molecule has 1 saturated heterocycles. The Balaban J connectivity index is 1.48. The van der Waals surface area contributed by atoms with E-state index in [1.165, 1.54) is 10.9 Å². The van der Waals surface area contributed by atoms with Gasteiger partial charge in [0.15, 0.2) is 0 Å². The summed E-state index contributed by atoms with van der Waals surface area (Å²) >= 11 is 0.